The number of phenolic OH excluding ortho intramolecular Hbond substituents is 1. The molecule has 2 heterocycles. The fraction of sp³-hybridized carbons (Fsp3) is 0.714. The van der Waals surface area contributed by atoms with Gasteiger partial charge in [-0.25, -0.2) is 0 Å². The van der Waals surface area contributed by atoms with Crippen LogP contribution in [-0.4, -0.2) is 22.4 Å². The Morgan fingerprint density at radius 3 is 2.75 bits per heavy atom. The first-order valence-corrected chi connectivity index (χ1v) is 9.58. The molecule has 4 atom stereocenters. The molecule has 2 aliphatic heterocycles. The summed E-state index contributed by atoms with van der Waals surface area (Å²) < 4.78 is 12.5. The Balaban J connectivity index is 1.71. The molecule has 3 aliphatic rings. The van der Waals surface area contributed by atoms with E-state index in [4.69, 9.17) is 9.47 Å². The molecule has 0 radical (unpaired) electrons. The lowest BCUT2D eigenvalue weighted by Crippen LogP contribution is -2.49. The Bertz CT molecular complexity index is 651. The molecule has 3 heteroatoms. The van der Waals surface area contributed by atoms with Crippen molar-refractivity contribution < 1.29 is 14.6 Å². The average molecular weight is 330 g/mol. The van der Waals surface area contributed by atoms with Crippen LogP contribution in [0, 0.1) is 5.92 Å². The normalized spacial score (nSPS) is 35.4. The lowest BCUT2D eigenvalue weighted by molar-refractivity contribution is -0.00595. The van der Waals surface area contributed by atoms with Crippen LogP contribution >= 0.6 is 0 Å². The zero-order chi connectivity index (χ0) is 17.1. The van der Waals surface area contributed by atoms with E-state index in [9.17, 15) is 5.11 Å². The molecule has 24 heavy (non-hydrogen) atoms. The van der Waals surface area contributed by atoms with Crippen LogP contribution in [0.15, 0.2) is 12.1 Å². The Labute approximate surface area is 145 Å². The predicted octanol–water partition coefficient (Wildman–Crippen LogP) is 4.95. The van der Waals surface area contributed by atoms with Gasteiger partial charge in [-0.3, -0.25) is 0 Å². The van der Waals surface area contributed by atoms with E-state index in [1.807, 2.05) is 6.07 Å². The van der Waals surface area contributed by atoms with Crippen molar-refractivity contribution in [1.82, 2.24) is 0 Å². The molecule has 1 N–H and O–H groups in total. The predicted molar refractivity (Wildman–Crippen MR) is 94.8 cm³/mol. The number of ether oxygens (including phenoxy) is 2. The van der Waals surface area contributed by atoms with Gasteiger partial charge in [0.05, 0.1) is 11.7 Å². The summed E-state index contributed by atoms with van der Waals surface area (Å²) in [7, 11) is 0. The van der Waals surface area contributed by atoms with E-state index >= 15 is 0 Å². The van der Waals surface area contributed by atoms with Gasteiger partial charge in [0.1, 0.15) is 17.1 Å². The monoisotopic (exact) mass is 330 g/mol. The smallest absolute Gasteiger partial charge is 0.127 e. The van der Waals surface area contributed by atoms with E-state index in [1.54, 1.807) is 0 Å². The summed E-state index contributed by atoms with van der Waals surface area (Å²) in [6.45, 7) is 8.82. The van der Waals surface area contributed by atoms with E-state index in [0.717, 1.165) is 37.0 Å². The van der Waals surface area contributed by atoms with Crippen molar-refractivity contribution in [2.75, 3.05) is 0 Å². The van der Waals surface area contributed by atoms with Gasteiger partial charge in [-0.1, -0.05) is 19.8 Å². The second kappa shape index (κ2) is 5.39. The molecule has 1 aromatic rings. The summed E-state index contributed by atoms with van der Waals surface area (Å²) in [4.78, 5) is 0. The van der Waals surface area contributed by atoms with Gasteiger partial charge in [0, 0.05) is 17.4 Å². The molecule has 0 amide bonds. The lowest BCUT2D eigenvalue weighted by Gasteiger charge is -2.47. The van der Waals surface area contributed by atoms with Crippen molar-refractivity contribution in [1.29, 1.82) is 0 Å². The van der Waals surface area contributed by atoms with Gasteiger partial charge in [0.2, 0.25) is 0 Å². The first kappa shape index (κ1) is 16.3. The minimum Gasteiger partial charge on any atom is -0.508 e. The first-order chi connectivity index (χ1) is 11.4. The van der Waals surface area contributed by atoms with Crippen molar-refractivity contribution in [3.05, 3.63) is 23.3 Å². The Kier molecular flexibility index (Phi) is 3.65. The molecule has 0 spiro atoms. The summed E-state index contributed by atoms with van der Waals surface area (Å²) in [5, 5.41) is 10.8. The zero-order valence-corrected chi connectivity index (χ0v) is 15.4. The van der Waals surface area contributed by atoms with Gasteiger partial charge in [-0.15, -0.1) is 0 Å². The molecule has 0 bridgehead atoms. The van der Waals surface area contributed by atoms with E-state index in [0.29, 0.717) is 11.7 Å². The second-order valence-electron chi connectivity index (χ2n) is 8.71. The van der Waals surface area contributed by atoms with Crippen LogP contribution in [0.4, 0.5) is 0 Å². The highest BCUT2D eigenvalue weighted by Crippen LogP contribution is 2.63. The van der Waals surface area contributed by atoms with Gasteiger partial charge < -0.3 is 14.6 Å². The Morgan fingerprint density at radius 2 is 2.00 bits per heavy atom. The van der Waals surface area contributed by atoms with Gasteiger partial charge in [-0.05, 0) is 64.2 Å². The van der Waals surface area contributed by atoms with Crippen LogP contribution in [0.25, 0.3) is 0 Å². The summed E-state index contributed by atoms with van der Waals surface area (Å²) in [5.74, 6) is 1.95. The van der Waals surface area contributed by atoms with Crippen molar-refractivity contribution in [3.63, 3.8) is 0 Å². The van der Waals surface area contributed by atoms with Crippen LogP contribution in [0.3, 0.4) is 0 Å². The van der Waals surface area contributed by atoms with Crippen molar-refractivity contribution in [2.45, 2.75) is 89.4 Å². The average Bonchev–Trinajstić information content (AvgIpc) is 3.18. The largest absolute Gasteiger partial charge is 0.508 e. The molecule has 0 aromatic heterocycles. The number of hydrogen-bond acceptors (Lipinski definition) is 3. The maximum Gasteiger partial charge on any atom is 0.127 e. The van der Waals surface area contributed by atoms with E-state index in [2.05, 4.69) is 33.8 Å². The van der Waals surface area contributed by atoms with Crippen molar-refractivity contribution in [2.24, 2.45) is 5.92 Å². The number of epoxide rings is 1. The number of hydrogen-bond donors (Lipinski definition) is 1. The molecule has 1 aliphatic carbocycles. The molecular formula is C21H30O3. The maximum atomic E-state index is 10.8. The van der Waals surface area contributed by atoms with Crippen LogP contribution in [0.5, 0.6) is 11.5 Å². The fourth-order valence-corrected chi connectivity index (χ4v) is 5.04. The van der Waals surface area contributed by atoms with Crippen LogP contribution in [0.1, 0.15) is 76.8 Å². The Hall–Kier alpha value is -1.22. The minimum atomic E-state index is -0.209. The Morgan fingerprint density at radius 1 is 1.21 bits per heavy atom. The van der Waals surface area contributed by atoms with Gasteiger partial charge in [-0.2, -0.15) is 0 Å². The number of aromatic hydroxyl groups is 1. The molecule has 1 saturated carbocycles. The molecule has 4 rings (SSSR count). The van der Waals surface area contributed by atoms with E-state index in [-0.39, 0.29) is 23.2 Å². The standard InChI is InChI=1S/C21H30O3/c1-5-6-7-8-13-11-15(22)18-16(12-13)23-20(2,3)14-9-10-21(4)19(24-21)17(14)18/h11-12,14,17,19,22H,5-10H2,1-4H3/t14-,17-,19?,21+/m0/s1. The first-order valence-electron chi connectivity index (χ1n) is 9.58. The van der Waals surface area contributed by atoms with Crippen LogP contribution in [0.2, 0.25) is 0 Å². The quantitative estimate of drug-likeness (QED) is 0.627. The highest BCUT2D eigenvalue weighted by molar-refractivity contribution is 5.53. The highest BCUT2D eigenvalue weighted by Gasteiger charge is 2.65. The number of unbranched alkanes of at least 4 members (excludes halogenated alkanes) is 2. The minimum absolute atomic E-state index is 0.0120. The molecule has 1 aromatic carbocycles. The van der Waals surface area contributed by atoms with Gasteiger partial charge in [0.15, 0.2) is 0 Å². The maximum absolute atomic E-state index is 10.8. The number of phenols is 1. The van der Waals surface area contributed by atoms with Crippen LogP contribution < -0.4 is 4.74 Å². The molecule has 1 saturated heterocycles. The van der Waals surface area contributed by atoms with Crippen molar-refractivity contribution >= 4 is 0 Å². The van der Waals surface area contributed by atoms with Crippen LogP contribution in [-0.2, 0) is 11.2 Å². The van der Waals surface area contributed by atoms with Gasteiger partial charge in [0.25, 0.3) is 0 Å². The fourth-order valence-electron chi connectivity index (χ4n) is 5.04. The van der Waals surface area contributed by atoms with E-state index < -0.39 is 0 Å². The SMILES string of the molecule is CCCCCc1cc(O)c2c(c1)OC(C)(C)[C@H]1CC[C@@]3(C)OC3[C@H]21. The molecule has 132 valence electrons. The third kappa shape index (κ3) is 2.44. The summed E-state index contributed by atoms with van der Waals surface area (Å²) >= 11 is 0. The summed E-state index contributed by atoms with van der Waals surface area (Å²) in [6, 6.07) is 4.12. The number of rotatable bonds is 4. The number of benzene rings is 1. The molecule has 3 nitrogen and oxygen atoms in total. The summed E-state index contributed by atoms with van der Waals surface area (Å²) in [6.07, 6.45) is 7.02. The highest BCUT2D eigenvalue weighted by atomic mass is 16.6. The summed E-state index contributed by atoms with van der Waals surface area (Å²) in [5.41, 5.74) is 1.98. The second-order valence-corrected chi connectivity index (χ2v) is 8.71. The third-order valence-corrected chi connectivity index (χ3v) is 6.50. The molecule has 1 unspecified atom stereocenters. The molecule has 2 fully saturated rings. The zero-order valence-electron chi connectivity index (χ0n) is 15.4. The third-order valence-electron chi connectivity index (χ3n) is 6.50. The van der Waals surface area contributed by atoms with Crippen molar-refractivity contribution in [3.8, 4) is 11.5 Å². The molecular weight excluding hydrogens is 300 g/mol. The number of fused-ring (bicyclic) bond motifs is 5. The number of aryl methyl sites for hydroxylation is 1. The topological polar surface area (TPSA) is 42.0 Å². The van der Waals surface area contributed by atoms with E-state index in [1.165, 1.54) is 18.4 Å². The lowest BCUT2D eigenvalue weighted by atomic mass is 9.64. The van der Waals surface area contributed by atoms with Gasteiger partial charge >= 0.3 is 0 Å².